The fourth-order valence-electron chi connectivity index (χ4n) is 2.78. The number of hydrogen-bond donors (Lipinski definition) is 2. The molecule has 1 saturated heterocycles. The van der Waals surface area contributed by atoms with Gasteiger partial charge >= 0.3 is 0 Å². The first-order chi connectivity index (χ1) is 14.5. The first-order valence-electron chi connectivity index (χ1n) is 8.85. The molecule has 158 valence electrons. The second-order valence-electron chi connectivity index (χ2n) is 6.31. The van der Waals surface area contributed by atoms with Gasteiger partial charge in [-0.25, -0.2) is 9.98 Å². The maximum absolute atomic E-state index is 12.4. The van der Waals surface area contributed by atoms with Gasteiger partial charge in [0.25, 0.3) is 5.91 Å². The Labute approximate surface area is 192 Å². The number of nitrogens with two attached hydrogens (primary N) is 1. The van der Waals surface area contributed by atoms with Gasteiger partial charge in [-0.1, -0.05) is 23.7 Å². The predicted molar refractivity (Wildman–Crippen MR) is 130 cm³/mol. The molecule has 0 radical (unpaired) electrons. The number of aromatic nitrogens is 1. The van der Waals surface area contributed by atoms with Crippen LogP contribution in [-0.2, 0) is 4.79 Å². The molecule has 4 rings (SSSR count). The average Bonchev–Trinajstić information content (AvgIpc) is 3.09. The Morgan fingerprint density at radius 1 is 1.23 bits per heavy atom. The van der Waals surface area contributed by atoms with Crippen molar-refractivity contribution in [2.45, 2.75) is 0 Å². The molecule has 5 N–H and O–H groups in total. The van der Waals surface area contributed by atoms with Crippen LogP contribution in [0.25, 0.3) is 17.0 Å². The van der Waals surface area contributed by atoms with E-state index in [1.807, 2.05) is 36.4 Å². The summed E-state index contributed by atoms with van der Waals surface area (Å²) in [6.45, 7) is 0. The van der Waals surface area contributed by atoms with E-state index in [1.165, 1.54) is 11.8 Å². The summed E-state index contributed by atoms with van der Waals surface area (Å²) in [5, 5.41) is 4.63. The van der Waals surface area contributed by atoms with E-state index < -0.39 is 0 Å². The standard InChI is InChI=1S/C21H15Cl2N5OS.H2O/c22-11-19(24)26-14-4-5-15(23)17(10-14)27-21-28-20(29)18(30-21)9-12-3-6-16-13(8-12)2-1-7-25-16;/h1-10H,11H2,(H2,24,26)(H,27,28,29);1H2. The van der Waals surface area contributed by atoms with Crippen LogP contribution in [-0.4, -0.2) is 33.3 Å². The van der Waals surface area contributed by atoms with Crippen molar-refractivity contribution in [3.8, 4) is 0 Å². The molecule has 7 nitrogen and oxygen atoms in total. The zero-order valence-corrected chi connectivity index (χ0v) is 18.3. The maximum Gasteiger partial charge on any atom is 0.264 e. The lowest BCUT2D eigenvalue weighted by Gasteiger charge is -2.02. The average molecular weight is 474 g/mol. The number of carbonyl (C=O) groups excluding carboxylic acids is 1. The Morgan fingerprint density at radius 3 is 2.87 bits per heavy atom. The topological polar surface area (TPSA) is 124 Å². The van der Waals surface area contributed by atoms with Crippen LogP contribution < -0.4 is 11.1 Å². The number of fused-ring (bicyclic) bond motifs is 1. The van der Waals surface area contributed by atoms with E-state index in [1.54, 1.807) is 24.4 Å². The highest BCUT2D eigenvalue weighted by Crippen LogP contribution is 2.33. The number of aliphatic imine (C=N–C) groups is 2. The molecule has 1 aliphatic rings. The van der Waals surface area contributed by atoms with Crippen LogP contribution in [0.2, 0.25) is 5.02 Å². The monoisotopic (exact) mass is 473 g/mol. The van der Waals surface area contributed by atoms with Crippen LogP contribution in [0.1, 0.15) is 5.56 Å². The molecule has 0 unspecified atom stereocenters. The van der Waals surface area contributed by atoms with Gasteiger partial charge in [0.15, 0.2) is 5.17 Å². The summed E-state index contributed by atoms with van der Waals surface area (Å²) >= 11 is 13.2. The largest absolute Gasteiger partial charge is 0.412 e. The normalized spacial score (nSPS) is 16.6. The number of amidine groups is 2. The summed E-state index contributed by atoms with van der Waals surface area (Å²) in [5.41, 5.74) is 8.53. The summed E-state index contributed by atoms with van der Waals surface area (Å²) in [6, 6.07) is 14.8. The van der Waals surface area contributed by atoms with Crippen LogP contribution in [0.5, 0.6) is 0 Å². The molecule has 2 aromatic carbocycles. The summed E-state index contributed by atoms with van der Waals surface area (Å²) in [5.74, 6) is 0.191. The highest BCUT2D eigenvalue weighted by molar-refractivity contribution is 8.18. The molecule has 1 aromatic heterocycles. The predicted octanol–water partition coefficient (Wildman–Crippen LogP) is 4.18. The van der Waals surface area contributed by atoms with Crippen molar-refractivity contribution in [3.63, 3.8) is 0 Å². The van der Waals surface area contributed by atoms with E-state index in [2.05, 4.69) is 20.3 Å². The number of pyridine rings is 1. The van der Waals surface area contributed by atoms with E-state index in [0.717, 1.165) is 16.5 Å². The zero-order valence-electron chi connectivity index (χ0n) is 16.0. The van der Waals surface area contributed by atoms with Crippen LogP contribution in [0.15, 0.2) is 69.6 Å². The molecule has 3 aromatic rings. The van der Waals surface area contributed by atoms with Gasteiger partial charge < -0.3 is 16.5 Å². The van der Waals surface area contributed by atoms with Crippen molar-refractivity contribution < 1.29 is 10.3 Å². The molecule has 0 aliphatic carbocycles. The minimum atomic E-state index is -0.221. The highest BCUT2D eigenvalue weighted by atomic mass is 35.5. The molecule has 0 bridgehead atoms. The summed E-state index contributed by atoms with van der Waals surface area (Å²) in [6.07, 6.45) is 3.57. The second-order valence-corrected chi connectivity index (χ2v) is 8.01. The van der Waals surface area contributed by atoms with Crippen molar-refractivity contribution in [2.24, 2.45) is 15.7 Å². The summed E-state index contributed by atoms with van der Waals surface area (Å²) < 4.78 is 0. The summed E-state index contributed by atoms with van der Waals surface area (Å²) in [4.78, 5) is 25.9. The molecule has 0 atom stereocenters. The van der Waals surface area contributed by atoms with Gasteiger partial charge in [0, 0.05) is 11.6 Å². The number of amides is 1. The third-order valence-electron chi connectivity index (χ3n) is 4.14. The zero-order chi connectivity index (χ0) is 21.1. The van der Waals surface area contributed by atoms with Crippen molar-refractivity contribution in [1.29, 1.82) is 0 Å². The van der Waals surface area contributed by atoms with Crippen LogP contribution >= 0.6 is 35.0 Å². The van der Waals surface area contributed by atoms with Crippen LogP contribution in [0.4, 0.5) is 11.4 Å². The van der Waals surface area contributed by atoms with Gasteiger partial charge in [-0.3, -0.25) is 9.78 Å². The number of alkyl halides is 1. The Hall–Kier alpha value is -2.91. The molecule has 1 aliphatic heterocycles. The molecule has 31 heavy (non-hydrogen) atoms. The molecule has 1 fully saturated rings. The molecular formula is C21H17Cl2N5O2S. The molecular weight excluding hydrogens is 457 g/mol. The lowest BCUT2D eigenvalue weighted by molar-refractivity contribution is -0.115. The van der Waals surface area contributed by atoms with Crippen molar-refractivity contribution >= 4 is 80.2 Å². The van der Waals surface area contributed by atoms with E-state index in [0.29, 0.717) is 26.5 Å². The van der Waals surface area contributed by atoms with Crippen molar-refractivity contribution in [3.05, 3.63) is 70.2 Å². The summed E-state index contributed by atoms with van der Waals surface area (Å²) in [7, 11) is 0. The van der Waals surface area contributed by atoms with Crippen LogP contribution in [0.3, 0.4) is 0 Å². The van der Waals surface area contributed by atoms with E-state index in [9.17, 15) is 4.79 Å². The van der Waals surface area contributed by atoms with Gasteiger partial charge in [0.1, 0.15) is 5.84 Å². The lowest BCUT2D eigenvalue weighted by atomic mass is 10.1. The second kappa shape index (κ2) is 9.93. The maximum atomic E-state index is 12.4. The third kappa shape index (κ3) is 5.42. The molecule has 10 heteroatoms. The number of carbonyl (C=O) groups is 1. The van der Waals surface area contributed by atoms with Crippen molar-refractivity contribution in [2.75, 3.05) is 5.88 Å². The van der Waals surface area contributed by atoms with Gasteiger partial charge in [0.05, 0.1) is 32.7 Å². The lowest BCUT2D eigenvalue weighted by Crippen LogP contribution is -2.19. The fraction of sp³-hybridized carbons (Fsp3) is 0.0476. The number of hydrogen-bond acceptors (Lipinski definition) is 5. The smallest absolute Gasteiger partial charge is 0.264 e. The van der Waals surface area contributed by atoms with Crippen LogP contribution in [0, 0.1) is 0 Å². The van der Waals surface area contributed by atoms with E-state index >= 15 is 0 Å². The number of thioether (sulfide) groups is 1. The number of nitrogens with zero attached hydrogens (tertiary/aromatic N) is 3. The van der Waals surface area contributed by atoms with Gasteiger partial charge in [-0.2, -0.15) is 0 Å². The third-order valence-corrected chi connectivity index (χ3v) is 5.64. The Morgan fingerprint density at radius 2 is 2.06 bits per heavy atom. The van der Waals surface area contributed by atoms with E-state index in [-0.39, 0.29) is 23.1 Å². The SMILES string of the molecule is NC(CCl)=Nc1ccc(Cl)c(N=C2NC(=O)C(=Cc3ccc4ncccc4c3)S2)c1.O. The molecule has 1 amide bonds. The minimum absolute atomic E-state index is 0. The highest BCUT2D eigenvalue weighted by Gasteiger charge is 2.24. The molecule has 0 spiro atoms. The number of benzene rings is 2. The van der Waals surface area contributed by atoms with Gasteiger partial charge in [0.2, 0.25) is 0 Å². The molecule has 0 saturated carbocycles. The van der Waals surface area contributed by atoms with Crippen molar-refractivity contribution in [1.82, 2.24) is 10.3 Å². The Bertz CT molecular complexity index is 1240. The first-order valence-corrected chi connectivity index (χ1v) is 10.6. The Kier molecular flexibility index (Phi) is 7.29. The number of rotatable bonds is 4. The molecule has 2 heterocycles. The quantitative estimate of drug-likeness (QED) is 0.255. The van der Waals surface area contributed by atoms with Gasteiger partial charge in [-0.15, -0.1) is 11.6 Å². The first kappa shape index (κ1) is 22.8. The van der Waals surface area contributed by atoms with Gasteiger partial charge in [-0.05, 0) is 59.8 Å². The van der Waals surface area contributed by atoms with E-state index in [4.69, 9.17) is 28.9 Å². The Balaban J connectivity index is 0.00000272. The minimum Gasteiger partial charge on any atom is -0.412 e. The fourth-order valence-corrected chi connectivity index (χ4v) is 3.83. The number of halogens is 2. The number of nitrogens with one attached hydrogen (secondary N) is 1.